The molecule has 1 unspecified atom stereocenters. The Morgan fingerprint density at radius 3 is 2.00 bits per heavy atom. The molecule has 2 N–H and O–H groups in total. The van der Waals surface area contributed by atoms with E-state index in [4.69, 9.17) is 0 Å². The molecule has 1 aliphatic carbocycles. The predicted octanol–water partition coefficient (Wildman–Crippen LogP) is 2.94. The number of fused-ring (bicyclic) bond motifs is 1. The largest absolute Gasteiger partial charge is 0.314 e. The molecule has 2 aromatic carbocycles. The fourth-order valence-electron chi connectivity index (χ4n) is 3.19. The summed E-state index contributed by atoms with van der Waals surface area (Å²) in [4.78, 5) is 0. The van der Waals surface area contributed by atoms with Gasteiger partial charge in [0.2, 0.25) is 0 Å². The second-order valence-electron chi connectivity index (χ2n) is 5.70. The van der Waals surface area contributed by atoms with E-state index in [0.29, 0.717) is 5.92 Å². The van der Waals surface area contributed by atoms with E-state index in [1.807, 2.05) is 0 Å². The first-order chi connectivity index (χ1) is 10.4. The zero-order valence-electron chi connectivity index (χ0n) is 12.5. The molecule has 1 heterocycles. The molecule has 0 radical (unpaired) electrons. The van der Waals surface area contributed by atoms with E-state index in [2.05, 4.69) is 65.2 Å². The molecule has 2 aliphatic rings. The van der Waals surface area contributed by atoms with Crippen LogP contribution in [-0.2, 0) is 6.42 Å². The molecule has 2 nitrogen and oxygen atoms in total. The van der Waals surface area contributed by atoms with Crippen LogP contribution in [0.5, 0.6) is 0 Å². The van der Waals surface area contributed by atoms with Gasteiger partial charge in [-0.05, 0) is 29.5 Å². The van der Waals surface area contributed by atoms with Crippen molar-refractivity contribution in [3.63, 3.8) is 0 Å². The number of aryl methyl sites for hydroxylation is 1. The van der Waals surface area contributed by atoms with Gasteiger partial charge < -0.3 is 10.6 Å². The van der Waals surface area contributed by atoms with E-state index in [1.165, 1.54) is 29.5 Å². The van der Waals surface area contributed by atoms with Crippen molar-refractivity contribution < 1.29 is 0 Å². The molecular formula is C19H24N2. The Balaban J connectivity index is 0.000000186. The van der Waals surface area contributed by atoms with Crippen LogP contribution in [0.1, 0.15) is 29.0 Å². The second kappa shape index (κ2) is 7.39. The molecule has 1 saturated heterocycles. The number of hydrogen-bond acceptors (Lipinski definition) is 2. The average Bonchev–Trinajstić information content (AvgIpc) is 3.02. The summed E-state index contributed by atoms with van der Waals surface area (Å²) in [6, 6.07) is 19.7. The number of piperazine rings is 1. The molecule has 0 amide bonds. The number of benzene rings is 2. The quantitative estimate of drug-likeness (QED) is 0.839. The van der Waals surface area contributed by atoms with Crippen molar-refractivity contribution in [2.75, 3.05) is 26.2 Å². The van der Waals surface area contributed by atoms with Crippen LogP contribution in [0.3, 0.4) is 0 Å². The SMILES string of the molecule is C1CNCCN1.c1ccc(C2CCc3ccccc32)cc1. The van der Waals surface area contributed by atoms with Crippen molar-refractivity contribution in [2.24, 2.45) is 0 Å². The Kier molecular flexibility index (Phi) is 5.03. The lowest BCUT2D eigenvalue weighted by Gasteiger charge is -2.11. The first-order valence-electron chi connectivity index (χ1n) is 7.99. The molecule has 1 aliphatic heterocycles. The maximum Gasteiger partial charge on any atom is 0.00952 e. The molecular weight excluding hydrogens is 256 g/mol. The smallest absolute Gasteiger partial charge is 0.00952 e. The third kappa shape index (κ3) is 3.72. The highest BCUT2D eigenvalue weighted by Crippen LogP contribution is 2.37. The lowest BCUT2D eigenvalue weighted by molar-refractivity contribution is 0.534. The summed E-state index contributed by atoms with van der Waals surface area (Å²) >= 11 is 0. The Labute approximate surface area is 127 Å². The van der Waals surface area contributed by atoms with Crippen molar-refractivity contribution in [2.45, 2.75) is 18.8 Å². The van der Waals surface area contributed by atoms with Crippen molar-refractivity contribution in [3.8, 4) is 0 Å². The maximum atomic E-state index is 3.22. The highest BCUT2D eigenvalue weighted by molar-refractivity contribution is 5.41. The fourth-order valence-corrected chi connectivity index (χ4v) is 3.19. The molecule has 2 aromatic rings. The van der Waals surface area contributed by atoms with Crippen molar-refractivity contribution >= 4 is 0 Å². The van der Waals surface area contributed by atoms with Gasteiger partial charge in [-0.25, -0.2) is 0 Å². The van der Waals surface area contributed by atoms with E-state index in [-0.39, 0.29) is 0 Å². The van der Waals surface area contributed by atoms with Gasteiger partial charge in [0.15, 0.2) is 0 Å². The van der Waals surface area contributed by atoms with Gasteiger partial charge in [-0.2, -0.15) is 0 Å². The first-order valence-corrected chi connectivity index (χ1v) is 7.99. The summed E-state index contributed by atoms with van der Waals surface area (Å²) in [6.07, 6.45) is 2.50. The molecule has 1 fully saturated rings. The summed E-state index contributed by atoms with van der Waals surface area (Å²) in [5.74, 6) is 0.627. The highest BCUT2D eigenvalue weighted by atomic mass is 15.0. The second-order valence-corrected chi connectivity index (χ2v) is 5.70. The normalized spacial score (nSPS) is 20.3. The molecule has 0 spiro atoms. The summed E-state index contributed by atoms with van der Waals surface area (Å²) in [7, 11) is 0. The van der Waals surface area contributed by atoms with Gasteiger partial charge in [0.25, 0.3) is 0 Å². The van der Waals surface area contributed by atoms with Crippen LogP contribution in [0.2, 0.25) is 0 Å². The van der Waals surface area contributed by atoms with Crippen molar-refractivity contribution in [1.29, 1.82) is 0 Å². The van der Waals surface area contributed by atoms with Crippen LogP contribution >= 0.6 is 0 Å². The summed E-state index contributed by atoms with van der Waals surface area (Å²) in [5.41, 5.74) is 4.53. The zero-order chi connectivity index (χ0) is 14.3. The number of rotatable bonds is 1. The van der Waals surface area contributed by atoms with Crippen LogP contribution in [0.4, 0.5) is 0 Å². The standard InChI is InChI=1S/C15H14.C4H10N2/c1-2-6-12(7-3-1)15-11-10-13-8-4-5-9-14(13)15;1-2-6-4-3-5-1/h1-9,15H,10-11H2;5-6H,1-4H2. The van der Waals surface area contributed by atoms with Crippen molar-refractivity contribution in [1.82, 2.24) is 10.6 Å². The minimum atomic E-state index is 0.627. The van der Waals surface area contributed by atoms with Gasteiger partial charge in [-0.3, -0.25) is 0 Å². The zero-order valence-corrected chi connectivity index (χ0v) is 12.5. The first kappa shape index (κ1) is 14.3. The molecule has 4 rings (SSSR count). The molecule has 0 saturated carbocycles. The van der Waals surface area contributed by atoms with Crippen LogP contribution in [0.25, 0.3) is 0 Å². The molecule has 1 atom stereocenters. The summed E-state index contributed by atoms with van der Waals surface area (Å²) in [6.45, 7) is 4.56. The molecule has 0 bridgehead atoms. The van der Waals surface area contributed by atoms with Crippen LogP contribution < -0.4 is 10.6 Å². The third-order valence-corrected chi connectivity index (χ3v) is 4.29. The van der Waals surface area contributed by atoms with E-state index < -0.39 is 0 Å². The Bertz CT molecular complexity index is 535. The molecule has 110 valence electrons. The fraction of sp³-hybridized carbons (Fsp3) is 0.368. The van der Waals surface area contributed by atoms with Gasteiger partial charge >= 0.3 is 0 Å². The Hall–Kier alpha value is -1.64. The van der Waals surface area contributed by atoms with E-state index >= 15 is 0 Å². The Morgan fingerprint density at radius 2 is 1.33 bits per heavy atom. The lowest BCUT2D eigenvalue weighted by atomic mass is 9.93. The monoisotopic (exact) mass is 280 g/mol. The third-order valence-electron chi connectivity index (χ3n) is 4.29. The molecule has 21 heavy (non-hydrogen) atoms. The number of hydrogen-bond donors (Lipinski definition) is 2. The lowest BCUT2D eigenvalue weighted by Crippen LogP contribution is -2.39. The van der Waals surface area contributed by atoms with Crippen molar-refractivity contribution in [3.05, 3.63) is 71.3 Å². The van der Waals surface area contributed by atoms with Gasteiger partial charge in [-0.15, -0.1) is 0 Å². The van der Waals surface area contributed by atoms with E-state index in [1.54, 1.807) is 0 Å². The minimum absolute atomic E-state index is 0.627. The Morgan fingerprint density at radius 1 is 0.714 bits per heavy atom. The topological polar surface area (TPSA) is 24.1 Å². The molecule has 0 aromatic heterocycles. The highest BCUT2D eigenvalue weighted by Gasteiger charge is 2.22. The summed E-state index contributed by atoms with van der Waals surface area (Å²) < 4.78 is 0. The molecule has 2 heteroatoms. The van der Waals surface area contributed by atoms with Gasteiger partial charge in [0.1, 0.15) is 0 Å². The van der Waals surface area contributed by atoms with Gasteiger partial charge in [0, 0.05) is 32.1 Å². The minimum Gasteiger partial charge on any atom is -0.314 e. The van der Waals surface area contributed by atoms with Crippen LogP contribution in [0.15, 0.2) is 54.6 Å². The van der Waals surface area contributed by atoms with E-state index in [0.717, 1.165) is 26.2 Å². The maximum absolute atomic E-state index is 3.22. The predicted molar refractivity (Wildman–Crippen MR) is 88.8 cm³/mol. The van der Waals surface area contributed by atoms with Crippen LogP contribution in [-0.4, -0.2) is 26.2 Å². The van der Waals surface area contributed by atoms with Gasteiger partial charge in [-0.1, -0.05) is 54.6 Å². The average molecular weight is 280 g/mol. The number of nitrogens with one attached hydrogen (secondary N) is 2. The summed E-state index contributed by atoms with van der Waals surface area (Å²) in [5, 5.41) is 6.44. The van der Waals surface area contributed by atoms with Gasteiger partial charge in [0.05, 0.1) is 0 Å². The van der Waals surface area contributed by atoms with E-state index in [9.17, 15) is 0 Å². The van der Waals surface area contributed by atoms with Crippen LogP contribution in [0, 0.1) is 0 Å².